The highest BCUT2D eigenvalue weighted by Gasteiger charge is 2.02. The summed E-state index contributed by atoms with van der Waals surface area (Å²) in [6.07, 6.45) is 0. The third kappa shape index (κ3) is 4.89. The minimum absolute atomic E-state index is 0.574. The second kappa shape index (κ2) is 7.36. The Bertz CT molecular complexity index is 328. The van der Waals surface area contributed by atoms with Crippen LogP contribution in [0.1, 0.15) is 25.0 Å². The van der Waals surface area contributed by atoms with Crippen molar-refractivity contribution >= 4 is 27.7 Å². The Morgan fingerprint density at radius 1 is 1.44 bits per heavy atom. The van der Waals surface area contributed by atoms with Gasteiger partial charge in [-0.15, -0.1) is 0 Å². The summed E-state index contributed by atoms with van der Waals surface area (Å²) in [6.45, 7) is 7.51. The number of hydrogen-bond acceptors (Lipinski definition) is 2. The van der Waals surface area contributed by atoms with E-state index < -0.39 is 0 Å². The fourth-order valence-corrected chi connectivity index (χ4v) is 2.53. The van der Waals surface area contributed by atoms with Crippen LogP contribution in [-0.2, 0) is 6.54 Å². The molecule has 0 aliphatic rings. The van der Waals surface area contributed by atoms with Crippen molar-refractivity contribution in [1.82, 2.24) is 5.32 Å². The highest BCUT2D eigenvalue weighted by atomic mass is 79.9. The van der Waals surface area contributed by atoms with E-state index >= 15 is 0 Å². The Labute approximate surface area is 112 Å². The molecule has 1 aromatic carbocycles. The zero-order valence-corrected chi connectivity index (χ0v) is 12.6. The molecule has 1 unspecified atom stereocenters. The molecule has 0 amide bonds. The zero-order chi connectivity index (χ0) is 12.0. The average Bonchev–Trinajstić information content (AvgIpc) is 2.28. The van der Waals surface area contributed by atoms with Gasteiger partial charge in [-0.3, -0.25) is 0 Å². The van der Waals surface area contributed by atoms with Crippen molar-refractivity contribution in [2.24, 2.45) is 0 Å². The van der Waals surface area contributed by atoms with Crippen molar-refractivity contribution in [3.05, 3.63) is 33.8 Å². The number of hydrogen-bond donors (Lipinski definition) is 1. The molecule has 0 radical (unpaired) electrons. The Morgan fingerprint density at radius 2 is 2.19 bits per heavy atom. The maximum atomic E-state index is 3.56. The number of rotatable bonds is 6. The smallest absolute Gasteiger partial charge is 0.0208 e. The van der Waals surface area contributed by atoms with Crippen LogP contribution in [0, 0.1) is 6.92 Å². The molecular weight excluding hydrogens is 282 g/mol. The largest absolute Gasteiger partial charge is 0.309 e. The number of benzene rings is 1. The fourth-order valence-electron chi connectivity index (χ4n) is 1.39. The van der Waals surface area contributed by atoms with Gasteiger partial charge in [-0.1, -0.05) is 35.0 Å². The predicted octanol–water partition coefficient (Wildman–Crippen LogP) is 3.99. The van der Waals surface area contributed by atoms with Gasteiger partial charge in [0.2, 0.25) is 0 Å². The first-order valence-corrected chi connectivity index (χ1v) is 7.64. The van der Waals surface area contributed by atoms with Gasteiger partial charge in [-0.05, 0) is 36.8 Å². The van der Waals surface area contributed by atoms with Gasteiger partial charge in [0.15, 0.2) is 0 Å². The van der Waals surface area contributed by atoms with Crippen LogP contribution in [0.5, 0.6) is 0 Å². The summed E-state index contributed by atoms with van der Waals surface area (Å²) in [4.78, 5) is 0. The molecule has 0 aliphatic heterocycles. The van der Waals surface area contributed by atoms with Crippen molar-refractivity contribution in [2.75, 3.05) is 11.5 Å². The summed E-state index contributed by atoms with van der Waals surface area (Å²) in [5.41, 5.74) is 2.63. The summed E-state index contributed by atoms with van der Waals surface area (Å²) >= 11 is 5.55. The van der Waals surface area contributed by atoms with Gasteiger partial charge in [0.1, 0.15) is 0 Å². The Hall–Kier alpha value is 0.01000. The van der Waals surface area contributed by atoms with Crippen LogP contribution < -0.4 is 5.32 Å². The lowest BCUT2D eigenvalue weighted by molar-refractivity contribution is 0.596. The van der Waals surface area contributed by atoms with Crippen LogP contribution >= 0.6 is 27.7 Å². The van der Waals surface area contributed by atoms with Crippen LogP contribution in [0.25, 0.3) is 0 Å². The topological polar surface area (TPSA) is 12.0 Å². The third-order valence-electron chi connectivity index (χ3n) is 2.46. The maximum absolute atomic E-state index is 3.56. The summed E-state index contributed by atoms with van der Waals surface area (Å²) in [5, 5.41) is 3.54. The highest BCUT2D eigenvalue weighted by molar-refractivity contribution is 9.10. The summed E-state index contributed by atoms with van der Waals surface area (Å²) < 4.78 is 1.20. The van der Waals surface area contributed by atoms with Crippen LogP contribution in [-0.4, -0.2) is 17.5 Å². The molecule has 1 nitrogen and oxygen atoms in total. The van der Waals surface area contributed by atoms with Gasteiger partial charge in [-0.25, -0.2) is 0 Å². The van der Waals surface area contributed by atoms with E-state index in [1.54, 1.807) is 0 Å². The molecule has 16 heavy (non-hydrogen) atoms. The lowest BCUT2D eigenvalue weighted by atomic mass is 10.1. The Kier molecular flexibility index (Phi) is 6.47. The number of halogens is 1. The SMILES string of the molecule is CCSCC(C)NCc1ccc(C)c(Br)c1. The van der Waals surface area contributed by atoms with Crippen molar-refractivity contribution in [2.45, 2.75) is 33.4 Å². The maximum Gasteiger partial charge on any atom is 0.0208 e. The first kappa shape index (κ1) is 14.1. The van der Waals surface area contributed by atoms with Gasteiger partial charge in [0.25, 0.3) is 0 Å². The number of thioether (sulfide) groups is 1. The van der Waals surface area contributed by atoms with Crippen LogP contribution in [0.3, 0.4) is 0 Å². The van der Waals surface area contributed by atoms with E-state index in [0.29, 0.717) is 6.04 Å². The van der Waals surface area contributed by atoms with Gasteiger partial charge < -0.3 is 5.32 Å². The normalized spacial score (nSPS) is 12.8. The summed E-state index contributed by atoms with van der Waals surface area (Å²) in [6, 6.07) is 7.12. The molecule has 1 rings (SSSR count). The van der Waals surface area contributed by atoms with E-state index in [1.165, 1.54) is 27.1 Å². The van der Waals surface area contributed by atoms with Gasteiger partial charge in [-0.2, -0.15) is 11.8 Å². The molecule has 90 valence electrons. The van der Waals surface area contributed by atoms with Crippen LogP contribution in [0.4, 0.5) is 0 Å². The van der Waals surface area contributed by atoms with Crippen molar-refractivity contribution in [1.29, 1.82) is 0 Å². The van der Waals surface area contributed by atoms with Gasteiger partial charge in [0.05, 0.1) is 0 Å². The standard InChI is InChI=1S/C13H20BrNS/c1-4-16-9-11(3)15-8-12-6-5-10(2)13(14)7-12/h5-7,11,15H,4,8-9H2,1-3H3. The van der Waals surface area contributed by atoms with E-state index in [9.17, 15) is 0 Å². The van der Waals surface area contributed by atoms with Crippen LogP contribution in [0.2, 0.25) is 0 Å². The minimum Gasteiger partial charge on any atom is -0.309 e. The molecule has 3 heteroatoms. The predicted molar refractivity (Wildman–Crippen MR) is 78.2 cm³/mol. The molecule has 1 aromatic rings. The first-order valence-electron chi connectivity index (χ1n) is 5.69. The molecule has 0 bridgehead atoms. The minimum atomic E-state index is 0.574. The second-order valence-electron chi connectivity index (χ2n) is 4.02. The van der Waals surface area contributed by atoms with E-state index in [2.05, 4.69) is 60.2 Å². The molecule has 0 saturated heterocycles. The van der Waals surface area contributed by atoms with Gasteiger partial charge >= 0.3 is 0 Å². The molecule has 0 fully saturated rings. The zero-order valence-electron chi connectivity index (χ0n) is 10.2. The fraction of sp³-hybridized carbons (Fsp3) is 0.538. The van der Waals surface area contributed by atoms with E-state index in [-0.39, 0.29) is 0 Å². The molecule has 0 heterocycles. The van der Waals surface area contributed by atoms with Crippen molar-refractivity contribution in [3.63, 3.8) is 0 Å². The van der Waals surface area contributed by atoms with Crippen molar-refractivity contribution in [3.8, 4) is 0 Å². The second-order valence-corrected chi connectivity index (χ2v) is 6.20. The molecule has 1 N–H and O–H groups in total. The monoisotopic (exact) mass is 301 g/mol. The lowest BCUT2D eigenvalue weighted by Gasteiger charge is -2.13. The molecule has 0 aliphatic carbocycles. The van der Waals surface area contributed by atoms with Crippen LogP contribution in [0.15, 0.2) is 22.7 Å². The Balaban J connectivity index is 2.39. The molecule has 0 spiro atoms. The highest BCUT2D eigenvalue weighted by Crippen LogP contribution is 2.17. The molecule has 0 aromatic heterocycles. The summed E-state index contributed by atoms with van der Waals surface area (Å²) in [5.74, 6) is 2.38. The molecule has 0 saturated carbocycles. The number of nitrogens with one attached hydrogen (secondary N) is 1. The van der Waals surface area contributed by atoms with Gasteiger partial charge in [0, 0.05) is 22.8 Å². The van der Waals surface area contributed by atoms with E-state index in [1.807, 2.05) is 11.8 Å². The molecular formula is C13H20BrNS. The first-order chi connectivity index (χ1) is 7.63. The van der Waals surface area contributed by atoms with E-state index in [4.69, 9.17) is 0 Å². The van der Waals surface area contributed by atoms with E-state index in [0.717, 1.165) is 6.54 Å². The summed E-state index contributed by atoms with van der Waals surface area (Å²) in [7, 11) is 0. The quantitative estimate of drug-likeness (QED) is 0.853. The average molecular weight is 302 g/mol. The Morgan fingerprint density at radius 3 is 2.81 bits per heavy atom. The molecule has 1 atom stereocenters. The van der Waals surface area contributed by atoms with Crippen molar-refractivity contribution < 1.29 is 0 Å². The number of aryl methyl sites for hydroxylation is 1. The lowest BCUT2D eigenvalue weighted by Crippen LogP contribution is -2.27. The third-order valence-corrected chi connectivity index (χ3v) is 4.46.